The van der Waals surface area contributed by atoms with Crippen LogP contribution in [-0.4, -0.2) is 51.3 Å². The summed E-state index contributed by atoms with van der Waals surface area (Å²) in [6, 6.07) is 6.80. The predicted molar refractivity (Wildman–Crippen MR) is 108 cm³/mol. The normalized spacial score (nSPS) is 18.2. The van der Waals surface area contributed by atoms with Gasteiger partial charge < -0.3 is 15.0 Å². The van der Waals surface area contributed by atoms with Gasteiger partial charge >= 0.3 is 0 Å². The highest BCUT2D eigenvalue weighted by molar-refractivity contribution is 14.0. The van der Waals surface area contributed by atoms with E-state index in [1.807, 2.05) is 13.1 Å². The van der Waals surface area contributed by atoms with E-state index in [4.69, 9.17) is 4.74 Å². The predicted octanol–water partition coefficient (Wildman–Crippen LogP) is 3.27. The second kappa shape index (κ2) is 9.56. The first-order valence-electron chi connectivity index (χ1n) is 8.18. The van der Waals surface area contributed by atoms with E-state index >= 15 is 0 Å². The molecule has 1 aromatic rings. The minimum atomic E-state index is -0.196. The average molecular weight is 449 g/mol. The minimum Gasteiger partial charge on any atom is -0.381 e. The molecule has 1 fully saturated rings. The van der Waals surface area contributed by atoms with Crippen molar-refractivity contribution in [2.45, 2.75) is 25.7 Å². The number of aliphatic imine (C=N–C) groups is 1. The van der Waals surface area contributed by atoms with E-state index in [1.54, 1.807) is 19.2 Å². The Hall–Kier alpha value is -0.890. The summed E-state index contributed by atoms with van der Waals surface area (Å²) in [5, 5.41) is 3.41. The Bertz CT molecular complexity index is 545. The lowest BCUT2D eigenvalue weighted by Gasteiger charge is -2.30. The monoisotopic (exact) mass is 449 g/mol. The second-order valence-corrected chi connectivity index (χ2v) is 6.91. The molecule has 0 saturated carbocycles. The fourth-order valence-electron chi connectivity index (χ4n) is 2.90. The molecule has 1 aliphatic rings. The highest BCUT2D eigenvalue weighted by atomic mass is 127. The van der Waals surface area contributed by atoms with Crippen molar-refractivity contribution < 1.29 is 9.13 Å². The molecule has 1 unspecified atom stereocenters. The molecule has 0 amide bonds. The SMILES string of the molecule is CN=C(NCC(C)(C)c1cccc(F)c1)N(C)CC1CCOC1.I. The highest BCUT2D eigenvalue weighted by Gasteiger charge is 2.23. The van der Waals surface area contributed by atoms with Gasteiger partial charge in [-0.2, -0.15) is 0 Å². The summed E-state index contributed by atoms with van der Waals surface area (Å²) in [5.74, 6) is 1.23. The van der Waals surface area contributed by atoms with Crippen LogP contribution >= 0.6 is 24.0 Å². The first-order chi connectivity index (χ1) is 10.9. The number of halogens is 2. The molecule has 6 heteroatoms. The van der Waals surface area contributed by atoms with Gasteiger partial charge in [0, 0.05) is 45.1 Å². The van der Waals surface area contributed by atoms with E-state index in [2.05, 4.69) is 29.1 Å². The van der Waals surface area contributed by atoms with Crippen LogP contribution in [-0.2, 0) is 10.2 Å². The first kappa shape index (κ1) is 21.2. The second-order valence-electron chi connectivity index (χ2n) is 6.91. The molecule has 1 atom stereocenters. The summed E-state index contributed by atoms with van der Waals surface area (Å²) in [6.45, 7) is 7.52. The van der Waals surface area contributed by atoms with Gasteiger partial charge in [-0.25, -0.2) is 4.39 Å². The molecule has 24 heavy (non-hydrogen) atoms. The van der Waals surface area contributed by atoms with Crippen molar-refractivity contribution in [1.29, 1.82) is 0 Å². The van der Waals surface area contributed by atoms with Crippen molar-refractivity contribution in [2.24, 2.45) is 10.9 Å². The fraction of sp³-hybridized carbons (Fsp3) is 0.611. The number of ether oxygens (including phenoxy) is 1. The van der Waals surface area contributed by atoms with Gasteiger partial charge in [0.1, 0.15) is 5.82 Å². The van der Waals surface area contributed by atoms with Crippen molar-refractivity contribution >= 4 is 29.9 Å². The van der Waals surface area contributed by atoms with Crippen LogP contribution in [0.1, 0.15) is 25.8 Å². The molecule has 0 bridgehead atoms. The van der Waals surface area contributed by atoms with Gasteiger partial charge in [0.25, 0.3) is 0 Å². The standard InChI is InChI=1S/C18H28FN3O.HI/c1-18(2,15-6-5-7-16(19)10-15)13-21-17(20-3)22(4)11-14-8-9-23-12-14;/h5-7,10,14H,8-9,11-13H2,1-4H3,(H,20,21);1H. The molecule has 2 rings (SSSR count). The molecule has 0 aromatic heterocycles. The van der Waals surface area contributed by atoms with Gasteiger partial charge in [0.2, 0.25) is 0 Å². The molecule has 1 saturated heterocycles. The van der Waals surface area contributed by atoms with Gasteiger partial charge in [-0.3, -0.25) is 4.99 Å². The van der Waals surface area contributed by atoms with E-state index in [0.29, 0.717) is 12.5 Å². The zero-order chi connectivity index (χ0) is 16.9. The lowest BCUT2D eigenvalue weighted by atomic mass is 9.84. The summed E-state index contributed by atoms with van der Waals surface area (Å²) >= 11 is 0. The number of guanidine groups is 1. The van der Waals surface area contributed by atoms with Crippen LogP contribution < -0.4 is 5.32 Å². The Morgan fingerprint density at radius 1 is 1.46 bits per heavy atom. The molecule has 1 heterocycles. The summed E-state index contributed by atoms with van der Waals surface area (Å²) in [5.41, 5.74) is 0.794. The third-order valence-electron chi connectivity index (χ3n) is 4.42. The minimum absolute atomic E-state index is 0. The van der Waals surface area contributed by atoms with Gasteiger partial charge in [-0.15, -0.1) is 24.0 Å². The Balaban J connectivity index is 0.00000288. The van der Waals surface area contributed by atoms with Crippen LogP contribution in [0.5, 0.6) is 0 Å². The van der Waals surface area contributed by atoms with Gasteiger partial charge in [0.05, 0.1) is 6.61 Å². The Kier molecular flexibility index (Phi) is 8.42. The maximum Gasteiger partial charge on any atom is 0.193 e. The lowest BCUT2D eigenvalue weighted by Crippen LogP contribution is -2.45. The lowest BCUT2D eigenvalue weighted by molar-refractivity contribution is 0.181. The van der Waals surface area contributed by atoms with Crippen molar-refractivity contribution in [3.63, 3.8) is 0 Å². The van der Waals surface area contributed by atoms with Crippen LogP contribution in [0.3, 0.4) is 0 Å². The number of nitrogens with zero attached hydrogens (tertiary/aromatic N) is 2. The summed E-state index contributed by atoms with van der Waals surface area (Å²) in [6.07, 6.45) is 1.11. The number of rotatable bonds is 5. The highest BCUT2D eigenvalue weighted by Crippen LogP contribution is 2.23. The Labute approximate surface area is 161 Å². The zero-order valence-electron chi connectivity index (χ0n) is 15.0. The Morgan fingerprint density at radius 3 is 2.79 bits per heavy atom. The number of hydrogen-bond acceptors (Lipinski definition) is 2. The van der Waals surface area contributed by atoms with Crippen molar-refractivity contribution in [2.75, 3.05) is 40.4 Å². The number of nitrogens with one attached hydrogen (secondary N) is 1. The fourth-order valence-corrected chi connectivity index (χ4v) is 2.90. The third kappa shape index (κ3) is 5.88. The number of hydrogen-bond donors (Lipinski definition) is 1. The van der Waals surface area contributed by atoms with Crippen LogP contribution in [0.2, 0.25) is 0 Å². The van der Waals surface area contributed by atoms with Crippen LogP contribution in [0.4, 0.5) is 4.39 Å². The van der Waals surface area contributed by atoms with E-state index in [1.165, 1.54) is 6.07 Å². The molecular formula is C18H29FIN3O. The Morgan fingerprint density at radius 2 is 2.21 bits per heavy atom. The van der Waals surface area contributed by atoms with E-state index in [0.717, 1.165) is 37.7 Å². The van der Waals surface area contributed by atoms with Crippen molar-refractivity contribution in [1.82, 2.24) is 10.2 Å². The van der Waals surface area contributed by atoms with E-state index in [9.17, 15) is 4.39 Å². The molecule has 4 nitrogen and oxygen atoms in total. The quantitative estimate of drug-likeness (QED) is 0.426. The molecule has 0 radical (unpaired) electrons. The molecule has 1 aliphatic heterocycles. The molecule has 0 spiro atoms. The largest absolute Gasteiger partial charge is 0.381 e. The topological polar surface area (TPSA) is 36.9 Å². The smallest absolute Gasteiger partial charge is 0.193 e. The molecule has 1 N–H and O–H groups in total. The summed E-state index contributed by atoms with van der Waals surface area (Å²) < 4.78 is 18.9. The van der Waals surface area contributed by atoms with Crippen molar-refractivity contribution in [3.8, 4) is 0 Å². The first-order valence-corrected chi connectivity index (χ1v) is 8.18. The molecular weight excluding hydrogens is 420 g/mol. The van der Waals surface area contributed by atoms with Gasteiger partial charge in [0.15, 0.2) is 5.96 Å². The van der Waals surface area contributed by atoms with Crippen molar-refractivity contribution in [3.05, 3.63) is 35.6 Å². The summed E-state index contributed by atoms with van der Waals surface area (Å²) in [4.78, 5) is 6.50. The maximum atomic E-state index is 13.5. The van der Waals surface area contributed by atoms with E-state index < -0.39 is 0 Å². The van der Waals surface area contributed by atoms with E-state index in [-0.39, 0.29) is 35.2 Å². The van der Waals surface area contributed by atoms with Gasteiger partial charge in [-0.05, 0) is 24.1 Å². The van der Waals surface area contributed by atoms with Gasteiger partial charge in [-0.1, -0.05) is 26.0 Å². The average Bonchev–Trinajstić information content (AvgIpc) is 3.00. The van der Waals surface area contributed by atoms with Crippen LogP contribution in [0, 0.1) is 11.7 Å². The third-order valence-corrected chi connectivity index (χ3v) is 4.42. The summed E-state index contributed by atoms with van der Waals surface area (Å²) in [7, 11) is 3.84. The number of benzene rings is 1. The van der Waals surface area contributed by atoms with Crippen LogP contribution in [0.15, 0.2) is 29.3 Å². The van der Waals surface area contributed by atoms with Crippen LogP contribution in [0.25, 0.3) is 0 Å². The molecule has 0 aliphatic carbocycles. The molecule has 1 aromatic carbocycles. The zero-order valence-corrected chi connectivity index (χ0v) is 17.3. The maximum absolute atomic E-state index is 13.5. The molecule has 136 valence electrons.